The highest BCUT2D eigenvalue weighted by atomic mass is 32.2. The maximum absolute atomic E-state index is 13.6. The Labute approximate surface area is 168 Å². The topological polar surface area (TPSA) is 57.7 Å². The molecule has 0 N–H and O–H groups in total. The van der Waals surface area contributed by atoms with Crippen molar-refractivity contribution in [3.63, 3.8) is 0 Å². The van der Waals surface area contributed by atoms with E-state index in [1.54, 1.807) is 29.2 Å². The van der Waals surface area contributed by atoms with Crippen molar-refractivity contribution < 1.29 is 17.6 Å². The molecule has 0 aliphatic carbocycles. The summed E-state index contributed by atoms with van der Waals surface area (Å²) in [6, 6.07) is 16.7. The molecule has 5 nitrogen and oxygen atoms in total. The number of nitrogens with zero attached hydrogens (tertiary/aromatic N) is 2. The number of carbonyl (C=O) groups is 1. The fraction of sp³-hybridized carbons (Fsp3) is 0.227. The smallest absolute Gasteiger partial charge is 0.243 e. The normalized spacial score (nSPS) is 19.8. The molecule has 3 aromatic carbocycles. The van der Waals surface area contributed by atoms with Gasteiger partial charge in [0.2, 0.25) is 15.9 Å². The molecule has 1 atom stereocenters. The van der Waals surface area contributed by atoms with Crippen LogP contribution in [0.2, 0.25) is 0 Å². The van der Waals surface area contributed by atoms with Crippen LogP contribution in [0.4, 0.5) is 4.39 Å². The van der Waals surface area contributed by atoms with Gasteiger partial charge in [-0.15, -0.1) is 0 Å². The fourth-order valence-electron chi connectivity index (χ4n) is 4.34. The quantitative estimate of drug-likeness (QED) is 0.652. The summed E-state index contributed by atoms with van der Waals surface area (Å²) in [7, 11) is -3.84. The Hall–Kier alpha value is -2.77. The summed E-state index contributed by atoms with van der Waals surface area (Å²) in [5.74, 6) is -0.541. The highest BCUT2D eigenvalue weighted by molar-refractivity contribution is 7.89. The van der Waals surface area contributed by atoms with Gasteiger partial charge in [0.15, 0.2) is 0 Å². The second kappa shape index (κ2) is 6.64. The molecule has 148 valence electrons. The van der Waals surface area contributed by atoms with Crippen molar-refractivity contribution in [3.05, 3.63) is 77.6 Å². The van der Waals surface area contributed by atoms with Crippen LogP contribution in [0.5, 0.6) is 0 Å². The Morgan fingerprint density at radius 2 is 1.76 bits per heavy atom. The highest BCUT2D eigenvalue weighted by Crippen LogP contribution is 2.35. The van der Waals surface area contributed by atoms with Crippen LogP contribution >= 0.6 is 0 Å². The van der Waals surface area contributed by atoms with Crippen LogP contribution in [0.25, 0.3) is 10.8 Å². The molecule has 1 unspecified atom stereocenters. The van der Waals surface area contributed by atoms with Gasteiger partial charge in [-0.3, -0.25) is 4.79 Å². The van der Waals surface area contributed by atoms with E-state index >= 15 is 0 Å². The maximum atomic E-state index is 13.6. The predicted octanol–water partition coefficient (Wildman–Crippen LogP) is 3.11. The van der Waals surface area contributed by atoms with Crippen LogP contribution in [0, 0.1) is 5.82 Å². The number of amides is 1. The van der Waals surface area contributed by atoms with E-state index in [4.69, 9.17) is 0 Å². The Kier molecular flexibility index (Phi) is 4.18. The molecule has 2 heterocycles. The average Bonchev–Trinajstić information content (AvgIpc) is 2.72. The predicted molar refractivity (Wildman–Crippen MR) is 107 cm³/mol. The molecule has 2 aliphatic rings. The van der Waals surface area contributed by atoms with Gasteiger partial charge >= 0.3 is 0 Å². The van der Waals surface area contributed by atoms with Crippen molar-refractivity contribution in [1.29, 1.82) is 0 Å². The van der Waals surface area contributed by atoms with Crippen molar-refractivity contribution in [3.8, 4) is 0 Å². The minimum absolute atomic E-state index is 0.166. The lowest BCUT2D eigenvalue weighted by Gasteiger charge is -2.44. The van der Waals surface area contributed by atoms with Crippen LogP contribution < -0.4 is 0 Å². The molecule has 0 bridgehead atoms. The molecule has 0 spiro atoms. The summed E-state index contributed by atoms with van der Waals surface area (Å²) >= 11 is 0. The Morgan fingerprint density at radius 1 is 0.966 bits per heavy atom. The van der Waals surface area contributed by atoms with Gasteiger partial charge in [-0.25, -0.2) is 12.8 Å². The average molecular weight is 410 g/mol. The van der Waals surface area contributed by atoms with Crippen LogP contribution in [0.15, 0.2) is 65.6 Å². The fourth-order valence-corrected chi connectivity index (χ4v) is 5.77. The molecule has 1 amide bonds. The molecular weight excluding hydrogens is 391 g/mol. The zero-order chi connectivity index (χ0) is 20.2. The standard InChI is InChI=1S/C22H19FN2O3S/c23-18-6-8-20-17(11-18)9-10-25-21(20)13-24(14-22(25)26)29(27,28)19-7-5-15-3-1-2-4-16(15)12-19/h1-8,11-12,21H,9-10,13-14H2. The first kappa shape index (κ1) is 18.3. The number of halogens is 1. The van der Waals surface area contributed by atoms with E-state index in [9.17, 15) is 17.6 Å². The van der Waals surface area contributed by atoms with Gasteiger partial charge in [0, 0.05) is 13.1 Å². The van der Waals surface area contributed by atoms with E-state index in [0.717, 1.165) is 21.9 Å². The van der Waals surface area contributed by atoms with Gasteiger partial charge in [-0.1, -0.05) is 36.4 Å². The molecule has 7 heteroatoms. The summed E-state index contributed by atoms with van der Waals surface area (Å²) in [6.07, 6.45) is 0.576. The van der Waals surface area contributed by atoms with Crippen LogP contribution in [-0.2, 0) is 21.2 Å². The Morgan fingerprint density at radius 3 is 2.59 bits per heavy atom. The largest absolute Gasteiger partial charge is 0.333 e. The third kappa shape index (κ3) is 3.01. The summed E-state index contributed by atoms with van der Waals surface area (Å²) in [6.45, 7) is 0.464. The molecule has 29 heavy (non-hydrogen) atoms. The van der Waals surface area contributed by atoms with Gasteiger partial charge in [0.25, 0.3) is 0 Å². The minimum Gasteiger partial charge on any atom is -0.333 e. The molecule has 0 aromatic heterocycles. The number of hydrogen-bond donors (Lipinski definition) is 0. The molecule has 1 saturated heterocycles. The molecule has 3 aromatic rings. The second-order valence-electron chi connectivity index (χ2n) is 7.50. The van der Waals surface area contributed by atoms with Crippen LogP contribution in [-0.4, -0.2) is 43.2 Å². The van der Waals surface area contributed by atoms with Gasteiger partial charge in [-0.05, 0) is 52.6 Å². The number of fused-ring (bicyclic) bond motifs is 4. The molecule has 0 radical (unpaired) electrons. The zero-order valence-electron chi connectivity index (χ0n) is 15.6. The first-order valence-electron chi connectivity index (χ1n) is 9.50. The molecule has 1 fully saturated rings. The molecule has 5 rings (SSSR count). The SMILES string of the molecule is O=C1CN(S(=O)(=O)c2ccc3ccccc3c2)CC2c3ccc(F)cc3CCN12. The highest BCUT2D eigenvalue weighted by Gasteiger charge is 2.41. The van der Waals surface area contributed by atoms with E-state index in [1.165, 1.54) is 16.4 Å². The van der Waals surface area contributed by atoms with E-state index in [-0.39, 0.29) is 29.7 Å². The number of hydrogen-bond acceptors (Lipinski definition) is 3. The summed E-state index contributed by atoms with van der Waals surface area (Å²) in [4.78, 5) is 14.6. The molecule has 2 aliphatic heterocycles. The monoisotopic (exact) mass is 410 g/mol. The second-order valence-corrected chi connectivity index (χ2v) is 9.44. The van der Waals surface area contributed by atoms with Gasteiger partial charge in [0.1, 0.15) is 5.82 Å². The van der Waals surface area contributed by atoms with Crippen molar-refractivity contribution in [2.24, 2.45) is 0 Å². The van der Waals surface area contributed by atoms with E-state index in [0.29, 0.717) is 13.0 Å². The van der Waals surface area contributed by atoms with Crippen molar-refractivity contribution in [1.82, 2.24) is 9.21 Å². The zero-order valence-corrected chi connectivity index (χ0v) is 16.4. The number of piperazine rings is 1. The molecular formula is C22H19FN2O3S. The number of carbonyl (C=O) groups excluding carboxylic acids is 1. The molecule has 0 saturated carbocycles. The first-order chi connectivity index (χ1) is 13.9. The lowest BCUT2D eigenvalue weighted by atomic mass is 9.91. The lowest BCUT2D eigenvalue weighted by molar-refractivity contribution is -0.138. The third-order valence-electron chi connectivity index (χ3n) is 5.83. The number of benzene rings is 3. The minimum atomic E-state index is -3.84. The van der Waals surface area contributed by atoms with Crippen LogP contribution in [0.3, 0.4) is 0 Å². The third-order valence-corrected chi connectivity index (χ3v) is 7.64. The van der Waals surface area contributed by atoms with E-state index in [1.807, 2.05) is 24.3 Å². The van der Waals surface area contributed by atoms with Gasteiger partial charge < -0.3 is 4.90 Å². The van der Waals surface area contributed by atoms with Crippen molar-refractivity contribution >= 4 is 26.7 Å². The van der Waals surface area contributed by atoms with Crippen molar-refractivity contribution in [2.45, 2.75) is 17.4 Å². The Bertz CT molecular complexity index is 1240. The number of rotatable bonds is 2. The Balaban J connectivity index is 1.52. The first-order valence-corrected chi connectivity index (χ1v) is 10.9. The summed E-state index contributed by atoms with van der Waals surface area (Å²) in [5.41, 5.74) is 1.66. The summed E-state index contributed by atoms with van der Waals surface area (Å²) in [5, 5.41) is 1.78. The number of sulfonamides is 1. The maximum Gasteiger partial charge on any atom is 0.243 e. The lowest BCUT2D eigenvalue weighted by Crippen LogP contribution is -2.55. The summed E-state index contributed by atoms with van der Waals surface area (Å²) < 4.78 is 41.5. The van der Waals surface area contributed by atoms with Gasteiger partial charge in [0.05, 0.1) is 17.5 Å². The van der Waals surface area contributed by atoms with Crippen molar-refractivity contribution in [2.75, 3.05) is 19.6 Å². The van der Waals surface area contributed by atoms with E-state index in [2.05, 4.69) is 0 Å². The van der Waals surface area contributed by atoms with Crippen LogP contribution in [0.1, 0.15) is 17.2 Å². The van der Waals surface area contributed by atoms with Gasteiger partial charge in [-0.2, -0.15) is 4.31 Å². The van der Waals surface area contributed by atoms with E-state index < -0.39 is 16.1 Å².